The fraction of sp³-hybridized carbons (Fsp3) is 0.481. The Morgan fingerprint density at radius 1 is 1.03 bits per heavy atom. The van der Waals surface area contributed by atoms with Gasteiger partial charge in [-0.2, -0.15) is 0 Å². The topological polar surface area (TPSA) is 116 Å². The molecule has 192 valence electrons. The number of fused-ring (bicyclic) bond motifs is 1. The van der Waals surface area contributed by atoms with E-state index in [-0.39, 0.29) is 0 Å². The molecule has 1 unspecified atom stereocenters. The molecule has 0 bridgehead atoms. The van der Waals surface area contributed by atoms with Gasteiger partial charge in [0.1, 0.15) is 11.3 Å². The van der Waals surface area contributed by atoms with Crippen LogP contribution < -0.4 is 16.4 Å². The van der Waals surface area contributed by atoms with Gasteiger partial charge < -0.3 is 16.4 Å². The van der Waals surface area contributed by atoms with E-state index in [4.69, 9.17) is 16.1 Å². The molecule has 0 spiro atoms. The van der Waals surface area contributed by atoms with Crippen LogP contribution in [0.3, 0.4) is 0 Å². The zero-order chi connectivity index (χ0) is 25.3. The number of rotatable bonds is 8. The molecule has 4 heterocycles. The third kappa shape index (κ3) is 7.15. The van der Waals surface area contributed by atoms with Crippen LogP contribution in [0.1, 0.15) is 58.1 Å². The molecule has 8 nitrogen and oxygen atoms in total. The summed E-state index contributed by atoms with van der Waals surface area (Å²) in [5.74, 6) is 1.04. The number of pyridine rings is 3. The van der Waals surface area contributed by atoms with E-state index in [0.717, 1.165) is 47.5 Å². The van der Waals surface area contributed by atoms with E-state index in [1.54, 1.807) is 6.20 Å². The molecule has 1 aliphatic heterocycles. The molecule has 5 rings (SSSR count). The fourth-order valence-electron chi connectivity index (χ4n) is 4.68. The maximum absolute atomic E-state index is 8.31. The number of anilines is 3. The van der Waals surface area contributed by atoms with Crippen molar-refractivity contribution in [2.24, 2.45) is 11.7 Å². The van der Waals surface area contributed by atoms with Crippen LogP contribution in [-0.2, 0) is 6.54 Å². The number of thioether (sulfide) groups is 1. The zero-order valence-electron chi connectivity index (χ0n) is 21.3. The van der Waals surface area contributed by atoms with Gasteiger partial charge in [-0.3, -0.25) is 20.3 Å². The summed E-state index contributed by atoms with van der Waals surface area (Å²) in [6.07, 6.45) is 10.9. The fourth-order valence-corrected chi connectivity index (χ4v) is 5.56. The summed E-state index contributed by atoms with van der Waals surface area (Å²) in [7, 11) is 0. The van der Waals surface area contributed by atoms with Crippen LogP contribution in [0.5, 0.6) is 0 Å². The van der Waals surface area contributed by atoms with Crippen LogP contribution in [-0.4, -0.2) is 43.5 Å². The van der Waals surface area contributed by atoms with Gasteiger partial charge in [0.2, 0.25) is 0 Å². The second kappa shape index (κ2) is 13.0. The predicted octanol–water partition coefficient (Wildman–Crippen LogP) is 5.95. The summed E-state index contributed by atoms with van der Waals surface area (Å²) in [5, 5.41) is 15.6. The van der Waals surface area contributed by atoms with E-state index in [0.29, 0.717) is 16.8 Å². The molecule has 9 heteroatoms. The van der Waals surface area contributed by atoms with Crippen LogP contribution in [0.25, 0.3) is 11.0 Å². The summed E-state index contributed by atoms with van der Waals surface area (Å²) >= 11 is 1.38. The number of hydrogen-bond acceptors (Lipinski definition) is 9. The van der Waals surface area contributed by atoms with Crippen molar-refractivity contribution in [2.45, 2.75) is 64.4 Å². The molecule has 2 aliphatic rings. The molecule has 0 aromatic carbocycles. The van der Waals surface area contributed by atoms with E-state index in [1.807, 2.05) is 38.2 Å². The molecule has 0 radical (unpaired) electrons. The van der Waals surface area contributed by atoms with Gasteiger partial charge in [-0.25, -0.2) is 4.98 Å². The highest BCUT2D eigenvalue weighted by Crippen LogP contribution is 2.30. The highest BCUT2D eigenvalue weighted by atomic mass is 32.2. The minimum absolute atomic E-state index is 0.365. The van der Waals surface area contributed by atoms with E-state index in [9.17, 15) is 0 Å². The molecule has 36 heavy (non-hydrogen) atoms. The minimum atomic E-state index is -0.405. The van der Waals surface area contributed by atoms with Crippen molar-refractivity contribution in [3.05, 3.63) is 48.4 Å². The Balaban J connectivity index is 0.00000148. The average Bonchev–Trinajstić information content (AvgIpc) is 3.61. The van der Waals surface area contributed by atoms with Gasteiger partial charge in [0.25, 0.3) is 0 Å². The average molecular weight is 507 g/mol. The Morgan fingerprint density at radius 2 is 1.78 bits per heavy atom. The first-order valence-corrected chi connectivity index (χ1v) is 14.0. The van der Waals surface area contributed by atoms with Crippen LogP contribution >= 0.6 is 11.8 Å². The van der Waals surface area contributed by atoms with Gasteiger partial charge in [0.15, 0.2) is 0 Å². The normalized spacial score (nSPS) is 17.0. The van der Waals surface area contributed by atoms with Gasteiger partial charge in [-0.1, -0.05) is 38.5 Å². The molecule has 1 aliphatic carbocycles. The van der Waals surface area contributed by atoms with Gasteiger partial charge in [0.05, 0.1) is 45.5 Å². The molecular formula is C27H38N8S. The van der Waals surface area contributed by atoms with E-state index in [1.165, 1.54) is 50.5 Å². The van der Waals surface area contributed by atoms with Gasteiger partial charge in [-0.15, -0.1) is 0 Å². The molecule has 1 atom stereocenters. The molecule has 1 saturated carbocycles. The van der Waals surface area contributed by atoms with Crippen molar-refractivity contribution < 1.29 is 0 Å². The van der Waals surface area contributed by atoms with Crippen LogP contribution in [0.15, 0.2) is 42.7 Å². The highest BCUT2D eigenvalue weighted by Gasteiger charge is 2.22. The molecule has 5 N–H and O–H groups in total. The maximum Gasteiger partial charge on any atom is 0.130 e. The number of aromatic nitrogens is 3. The zero-order valence-corrected chi connectivity index (χ0v) is 22.2. The Morgan fingerprint density at radius 3 is 2.50 bits per heavy atom. The van der Waals surface area contributed by atoms with Crippen molar-refractivity contribution in [1.29, 1.82) is 5.41 Å². The number of nitrogens with two attached hydrogens (primary N) is 1. The summed E-state index contributed by atoms with van der Waals surface area (Å²) in [5.41, 5.74) is 10.3. The first kappa shape index (κ1) is 26.3. The smallest absolute Gasteiger partial charge is 0.130 e. The summed E-state index contributed by atoms with van der Waals surface area (Å²) in [4.78, 5) is 16.3. The standard InChI is InChI=1S/C25H32N8S.C2H6/c26-24(17-5-1-2-6-17)34-25(27)32-23-10-9-21-22(31-23)13-20(15-29-21)30-18-7-8-19(28-14-18)16-33-11-3-4-12-33;1-2/h7-10,13-15,17,25-26,30H,1-6,11-12,16,27H2,(H,31,32);1-2H3. The Bertz CT molecular complexity index is 1120. The van der Waals surface area contributed by atoms with E-state index >= 15 is 0 Å². The maximum atomic E-state index is 8.31. The lowest BCUT2D eigenvalue weighted by molar-refractivity contribution is 0.327. The molecule has 2 fully saturated rings. The first-order chi connectivity index (χ1) is 17.6. The van der Waals surface area contributed by atoms with Crippen molar-refractivity contribution >= 4 is 45.0 Å². The van der Waals surface area contributed by atoms with Gasteiger partial charge >= 0.3 is 0 Å². The first-order valence-electron chi connectivity index (χ1n) is 13.1. The van der Waals surface area contributed by atoms with Crippen molar-refractivity contribution in [1.82, 2.24) is 19.9 Å². The second-order valence-electron chi connectivity index (χ2n) is 9.13. The lowest BCUT2D eigenvalue weighted by Gasteiger charge is -2.17. The SMILES string of the molecule is CC.N=C(SC(N)Nc1ccc2ncc(Nc3ccc(CN4CCCC4)nc3)cc2n1)C1CCCC1. The van der Waals surface area contributed by atoms with Crippen molar-refractivity contribution in [3.63, 3.8) is 0 Å². The number of hydrogen-bond donors (Lipinski definition) is 4. The molecular weight excluding hydrogens is 468 g/mol. The number of nitrogens with one attached hydrogen (secondary N) is 3. The van der Waals surface area contributed by atoms with Crippen LogP contribution in [0.2, 0.25) is 0 Å². The predicted molar refractivity (Wildman–Crippen MR) is 152 cm³/mol. The Labute approximate surface area is 218 Å². The van der Waals surface area contributed by atoms with Gasteiger partial charge in [-0.05, 0) is 69.1 Å². The lowest BCUT2D eigenvalue weighted by atomic mass is 10.1. The summed E-state index contributed by atoms with van der Waals surface area (Å²) < 4.78 is 0. The van der Waals surface area contributed by atoms with E-state index in [2.05, 4.69) is 37.6 Å². The molecule has 0 amide bonds. The third-order valence-electron chi connectivity index (χ3n) is 6.51. The molecule has 3 aromatic heterocycles. The van der Waals surface area contributed by atoms with Crippen molar-refractivity contribution in [2.75, 3.05) is 23.7 Å². The molecule has 3 aromatic rings. The Hall–Kier alpha value is -2.75. The summed E-state index contributed by atoms with van der Waals surface area (Å²) in [6.45, 7) is 7.25. The van der Waals surface area contributed by atoms with Gasteiger partial charge in [0, 0.05) is 12.5 Å². The number of likely N-dealkylation sites (tertiary alicyclic amines) is 1. The largest absolute Gasteiger partial charge is 0.353 e. The quantitative estimate of drug-likeness (QED) is 0.168. The van der Waals surface area contributed by atoms with Crippen LogP contribution in [0, 0.1) is 11.3 Å². The van der Waals surface area contributed by atoms with E-state index < -0.39 is 5.50 Å². The highest BCUT2D eigenvalue weighted by molar-refractivity contribution is 8.14. The summed E-state index contributed by atoms with van der Waals surface area (Å²) in [6, 6.07) is 9.93. The third-order valence-corrected chi connectivity index (χ3v) is 7.46. The van der Waals surface area contributed by atoms with Crippen LogP contribution in [0.4, 0.5) is 17.2 Å². The Kier molecular flexibility index (Phi) is 9.49. The number of nitrogens with zero attached hydrogens (tertiary/aromatic N) is 4. The van der Waals surface area contributed by atoms with Crippen molar-refractivity contribution in [3.8, 4) is 0 Å². The minimum Gasteiger partial charge on any atom is -0.353 e. The molecule has 1 saturated heterocycles. The second-order valence-corrected chi connectivity index (χ2v) is 10.3. The monoisotopic (exact) mass is 506 g/mol. The lowest BCUT2D eigenvalue weighted by Crippen LogP contribution is -2.29.